The summed E-state index contributed by atoms with van der Waals surface area (Å²) in [4.78, 5) is 26.0. The molecular weight excluding hydrogens is 348 g/mol. The highest BCUT2D eigenvalue weighted by molar-refractivity contribution is 6.30. The van der Waals surface area contributed by atoms with Crippen molar-refractivity contribution in [2.45, 2.75) is 32.1 Å². The topological polar surface area (TPSA) is 49.4 Å². The van der Waals surface area contributed by atoms with Gasteiger partial charge < -0.3 is 10.2 Å². The van der Waals surface area contributed by atoms with Gasteiger partial charge in [0.25, 0.3) is 5.91 Å². The Kier molecular flexibility index (Phi) is 5.33. The minimum absolute atomic E-state index is 0.119. The smallest absolute Gasteiger partial charge is 0.251 e. The molecule has 0 spiro atoms. The molecule has 0 unspecified atom stereocenters. The lowest BCUT2D eigenvalue weighted by atomic mass is 9.84. The zero-order valence-corrected chi connectivity index (χ0v) is 15.8. The van der Waals surface area contributed by atoms with Crippen LogP contribution in [0.2, 0.25) is 5.02 Å². The number of nitrogens with zero attached hydrogens (tertiary/aromatic N) is 1. The van der Waals surface area contributed by atoms with Crippen LogP contribution in [0.5, 0.6) is 0 Å². The van der Waals surface area contributed by atoms with Crippen molar-refractivity contribution < 1.29 is 9.59 Å². The molecule has 1 N–H and O–H groups in total. The summed E-state index contributed by atoms with van der Waals surface area (Å²) < 4.78 is 0. The number of carbonyl (C=O) groups is 2. The molecular formula is C21H23ClN2O2. The van der Waals surface area contributed by atoms with E-state index >= 15 is 0 Å². The molecule has 1 saturated heterocycles. The molecule has 0 atom stereocenters. The molecule has 4 nitrogen and oxygen atoms in total. The van der Waals surface area contributed by atoms with Crippen molar-refractivity contribution in [2.75, 3.05) is 18.0 Å². The monoisotopic (exact) mass is 370 g/mol. The summed E-state index contributed by atoms with van der Waals surface area (Å²) in [6, 6.07) is 14.9. The number of carbonyl (C=O) groups excluding carboxylic acids is 2. The Balaban J connectivity index is 1.62. The molecule has 1 fully saturated rings. The fourth-order valence-corrected chi connectivity index (χ4v) is 3.25. The molecule has 0 aliphatic carbocycles. The molecule has 3 rings (SSSR count). The SMILES string of the molecule is CC(C)(CNC(=O)c1ccc(N2CCCC2=O)cc1)c1ccc(Cl)cc1. The Morgan fingerprint density at radius 3 is 2.35 bits per heavy atom. The summed E-state index contributed by atoms with van der Waals surface area (Å²) in [5.74, 6) is 0.0262. The van der Waals surface area contributed by atoms with Crippen LogP contribution in [0.3, 0.4) is 0 Å². The van der Waals surface area contributed by atoms with Crippen molar-refractivity contribution in [3.05, 3.63) is 64.7 Å². The van der Waals surface area contributed by atoms with Crippen LogP contribution >= 0.6 is 11.6 Å². The van der Waals surface area contributed by atoms with E-state index in [1.54, 1.807) is 17.0 Å². The predicted octanol–water partition coefficient (Wildman–Crippen LogP) is 4.17. The minimum Gasteiger partial charge on any atom is -0.351 e. The van der Waals surface area contributed by atoms with E-state index in [9.17, 15) is 9.59 Å². The number of benzene rings is 2. The van der Waals surface area contributed by atoms with Crippen LogP contribution < -0.4 is 10.2 Å². The van der Waals surface area contributed by atoms with E-state index in [-0.39, 0.29) is 17.2 Å². The van der Waals surface area contributed by atoms with Crippen LogP contribution in [-0.2, 0) is 10.2 Å². The average molecular weight is 371 g/mol. The number of anilines is 1. The third kappa shape index (κ3) is 4.07. The van der Waals surface area contributed by atoms with E-state index in [4.69, 9.17) is 11.6 Å². The van der Waals surface area contributed by atoms with Crippen molar-refractivity contribution in [2.24, 2.45) is 0 Å². The highest BCUT2D eigenvalue weighted by atomic mass is 35.5. The van der Waals surface area contributed by atoms with E-state index in [2.05, 4.69) is 19.2 Å². The second-order valence-electron chi connectivity index (χ2n) is 7.27. The van der Waals surface area contributed by atoms with Gasteiger partial charge in [-0.25, -0.2) is 0 Å². The molecule has 2 aromatic rings. The largest absolute Gasteiger partial charge is 0.351 e. The number of hydrogen-bond acceptors (Lipinski definition) is 2. The Labute approximate surface area is 159 Å². The maximum atomic E-state index is 12.5. The summed E-state index contributed by atoms with van der Waals surface area (Å²) >= 11 is 5.94. The van der Waals surface area contributed by atoms with E-state index in [0.29, 0.717) is 23.6 Å². The molecule has 1 aliphatic heterocycles. The quantitative estimate of drug-likeness (QED) is 0.858. The van der Waals surface area contributed by atoms with Gasteiger partial charge in [-0.1, -0.05) is 37.6 Å². The lowest BCUT2D eigenvalue weighted by molar-refractivity contribution is -0.117. The third-order valence-corrected chi connectivity index (χ3v) is 5.08. The normalized spacial score (nSPS) is 14.6. The summed E-state index contributed by atoms with van der Waals surface area (Å²) in [6.45, 7) is 5.43. The number of halogens is 1. The Morgan fingerprint density at radius 2 is 1.77 bits per heavy atom. The zero-order valence-electron chi connectivity index (χ0n) is 15.1. The van der Waals surface area contributed by atoms with Gasteiger partial charge in [0.1, 0.15) is 0 Å². The van der Waals surface area contributed by atoms with Crippen LogP contribution in [-0.4, -0.2) is 24.9 Å². The van der Waals surface area contributed by atoms with Crippen molar-refractivity contribution >= 4 is 29.1 Å². The lowest BCUT2D eigenvalue weighted by Crippen LogP contribution is -2.36. The Bertz CT molecular complexity index is 798. The first kappa shape index (κ1) is 18.5. The Morgan fingerprint density at radius 1 is 1.12 bits per heavy atom. The molecule has 0 radical (unpaired) electrons. The fraction of sp³-hybridized carbons (Fsp3) is 0.333. The van der Waals surface area contributed by atoms with Crippen molar-refractivity contribution in [1.29, 1.82) is 0 Å². The van der Waals surface area contributed by atoms with Crippen LogP contribution in [0, 0.1) is 0 Å². The number of rotatable bonds is 5. The maximum Gasteiger partial charge on any atom is 0.251 e. The van der Waals surface area contributed by atoms with Gasteiger partial charge in [0.15, 0.2) is 0 Å². The maximum absolute atomic E-state index is 12.5. The molecule has 5 heteroatoms. The molecule has 26 heavy (non-hydrogen) atoms. The second-order valence-corrected chi connectivity index (χ2v) is 7.71. The van der Waals surface area contributed by atoms with Gasteiger partial charge in [0.2, 0.25) is 5.91 Å². The standard InChI is InChI=1S/C21H23ClN2O2/c1-21(2,16-7-9-17(22)10-8-16)14-23-20(26)15-5-11-18(12-6-15)24-13-3-4-19(24)25/h5-12H,3-4,13-14H2,1-2H3,(H,23,26). The highest BCUT2D eigenvalue weighted by Gasteiger charge is 2.23. The van der Waals surface area contributed by atoms with Gasteiger partial charge in [-0.05, 0) is 48.4 Å². The summed E-state index contributed by atoms with van der Waals surface area (Å²) in [6.07, 6.45) is 1.49. The number of hydrogen-bond donors (Lipinski definition) is 1. The molecule has 2 amide bonds. The highest BCUT2D eigenvalue weighted by Crippen LogP contribution is 2.24. The summed E-state index contributed by atoms with van der Waals surface area (Å²) in [5.41, 5.74) is 2.35. The van der Waals surface area contributed by atoms with Gasteiger partial charge in [0, 0.05) is 41.2 Å². The van der Waals surface area contributed by atoms with Gasteiger partial charge in [-0.15, -0.1) is 0 Å². The van der Waals surface area contributed by atoms with Gasteiger partial charge in [-0.3, -0.25) is 9.59 Å². The van der Waals surface area contributed by atoms with Crippen LogP contribution in [0.1, 0.15) is 42.6 Å². The van der Waals surface area contributed by atoms with Crippen molar-refractivity contribution in [1.82, 2.24) is 5.32 Å². The van der Waals surface area contributed by atoms with E-state index < -0.39 is 0 Å². The molecule has 1 aliphatic rings. The van der Waals surface area contributed by atoms with Crippen LogP contribution in [0.25, 0.3) is 0 Å². The summed E-state index contributed by atoms with van der Waals surface area (Å²) in [7, 11) is 0. The fourth-order valence-electron chi connectivity index (χ4n) is 3.12. The lowest BCUT2D eigenvalue weighted by Gasteiger charge is -2.26. The number of nitrogens with one attached hydrogen (secondary N) is 1. The molecule has 0 bridgehead atoms. The van der Waals surface area contributed by atoms with Crippen LogP contribution in [0.4, 0.5) is 5.69 Å². The first-order valence-electron chi connectivity index (χ1n) is 8.81. The van der Waals surface area contributed by atoms with Crippen molar-refractivity contribution in [3.63, 3.8) is 0 Å². The van der Waals surface area contributed by atoms with E-state index in [1.165, 1.54) is 0 Å². The van der Waals surface area contributed by atoms with Gasteiger partial charge in [-0.2, -0.15) is 0 Å². The van der Waals surface area contributed by atoms with E-state index in [1.807, 2.05) is 36.4 Å². The van der Waals surface area contributed by atoms with Gasteiger partial charge >= 0.3 is 0 Å². The molecule has 1 heterocycles. The molecule has 136 valence electrons. The molecule has 2 aromatic carbocycles. The minimum atomic E-state index is -0.206. The zero-order chi connectivity index (χ0) is 18.7. The Hall–Kier alpha value is -2.33. The first-order chi connectivity index (χ1) is 12.4. The van der Waals surface area contributed by atoms with E-state index in [0.717, 1.165) is 24.2 Å². The van der Waals surface area contributed by atoms with Gasteiger partial charge in [0.05, 0.1) is 0 Å². The van der Waals surface area contributed by atoms with Crippen molar-refractivity contribution in [3.8, 4) is 0 Å². The molecule has 0 saturated carbocycles. The summed E-state index contributed by atoms with van der Waals surface area (Å²) in [5, 5.41) is 3.70. The average Bonchev–Trinajstić information content (AvgIpc) is 3.06. The first-order valence-corrected chi connectivity index (χ1v) is 9.19. The number of amides is 2. The predicted molar refractivity (Wildman–Crippen MR) is 105 cm³/mol. The second kappa shape index (κ2) is 7.50. The molecule has 0 aromatic heterocycles. The van der Waals surface area contributed by atoms with Crippen LogP contribution in [0.15, 0.2) is 48.5 Å². The third-order valence-electron chi connectivity index (χ3n) is 4.83.